The number of anilines is 1. The minimum Gasteiger partial charge on any atom is -0.354 e. The number of benzene rings is 3. The van der Waals surface area contributed by atoms with E-state index in [0.717, 1.165) is 28.3 Å². The summed E-state index contributed by atoms with van der Waals surface area (Å²) in [5.41, 5.74) is 1.91. The van der Waals surface area contributed by atoms with Gasteiger partial charge < -0.3 is 10.2 Å². The molecule has 0 saturated heterocycles. The minimum absolute atomic E-state index is 0.0378. The van der Waals surface area contributed by atoms with Crippen LogP contribution in [0.2, 0.25) is 5.02 Å². The van der Waals surface area contributed by atoms with E-state index in [9.17, 15) is 18.0 Å². The number of nitrogens with one attached hydrogen (secondary N) is 1. The number of nitrogens with zero attached hydrogens (tertiary/aromatic N) is 2. The summed E-state index contributed by atoms with van der Waals surface area (Å²) in [7, 11) is -4.16. The first-order valence-corrected chi connectivity index (χ1v) is 14.4. The molecule has 0 aliphatic rings. The minimum atomic E-state index is -4.16. The van der Waals surface area contributed by atoms with Gasteiger partial charge in [-0.05, 0) is 50.1 Å². The fourth-order valence-corrected chi connectivity index (χ4v) is 5.62. The van der Waals surface area contributed by atoms with Crippen molar-refractivity contribution in [2.24, 2.45) is 0 Å². The number of halogens is 1. The molecule has 38 heavy (non-hydrogen) atoms. The van der Waals surface area contributed by atoms with Crippen molar-refractivity contribution in [3.05, 3.63) is 95.0 Å². The second-order valence-electron chi connectivity index (χ2n) is 9.10. The molecule has 0 radical (unpaired) electrons. The lowest BCUT2D eigenvalue weighted by Gasteiger charge is -2.32. The van der Waals surface area contributed by atoms with Crippen LogP contribution in [-0.2, 0) is 26.2 Å². The van der Waals surface area contributed by atoms with Gasteiger partial charge in [0.15, 0.2) is 0 Å². The van der Waals surface area contributed by atoms with Crippen molar-refractivity contribution in [1.82, 2.24) is 10.2 Å². The van der Waals surface area contributed by atoms with Crippen LogP contribution in [0.5, 0.6) is 0 Å². The number of hydrogen-bond acceptors (Lipinski definition) is 4. The highest BCUT2D eigenvalue weighted by molar-refractivity contribution is 7.92. The summed E-state index contributed by atoms with van der Waals surface area (Å²) in [6, 6.07) is 21.3. The van der Waals surface area contributed by atoms with Crippen LogP contribution < -0.4 is 9.62 Å². The highest BCUT2D eigenvalue weighted by Gasteiger charge is 2.33. The van der Waals surface area contributed by atoms with Crippen molar-refractivity contribution in [1.29, 1.82) is 0 Å². The van der Waals surface area contributed by atoms with E-state index in [4.69, 9.17) is 11.6 Å². The average Bonchev–Trinajstić information content (AvgIpc) is 2.91. The van der Waals surface area contributed by atoms with Crippen molar-refractivity contribution >= 4 is 39.1 Å². The smallest absolute Gasteiger partial charge is 0.264 e. The van der Waals surface area contributed by atoms with Crippen LogP contribution in [0, 0.1) is 6.92 Å². The predicted molar refractivity (Wildman–Crippen MR) is 152 cm³/mol. The first kappa shape index (κ1) is 29.2. The summed E-state index contributed by atoms with van der Waals surface area (Å²) < 4.78 is 28.6. The van der Waals surface area contributed by atoms with Crippen LogP contribution in [0.15, 0.2) is 83.8 Å². The molecule has 1 unspecified atom stereocenters. The Bertz CT molecular complexity index is 1330. The van der Waals surface area contributed by atoms with E-state index in [1.54, 1.807) is 43.3 Å². The Labute approximate surface area is 230 Å². The number of carbonyl (C=O) groups is 2. The van der Waals surface area contributed by atoms with Crippen LogP contribution in [0.25, 0.3) is 0 Å². The Morgan fingerprint density at radius 1 is 0.947 bits per heavy atom. The number of para-hydroxylation sites is 1. The number of rotatable bonds is 12. The van der Waals surface area contributed by atoms with Gasteiger partial charge in [-0.3, -0.25) is 13.9 Å². The summed E-state index contributed by atoms with van der Waals surface area (Å²) in [4.78, 5) is 28.2. The molecule has 0 aliphatic carbocycles. The van der Waals surface area contributed by atoms with Crippen LogP contribution >= 0.6 is 11.6 Å². The zero-order chi connectivity index (χ0) is 27.7. The lowest BCUT2D eigenvalue weighted by Crippen LogP contribution is -2.51. The quantitative estimate of drug-likeness (QED) is 0.312. The topological polar surface area (TPSA) is 86.8 Å². The van der Waals surface area contributed by atoms with Gasteiger partial charge in [-0.1, -0.05) is 85.1 Å². The molecule has 0 aromatic heterocycles. The third-order valence-corrected chi connectivity index (χ3v) is 8.30. The van der Waals surface area contributed by atoms with Crippen LogP contribution in [0.4, 0.5) is 5.69 Å². The predicted octanol–water partition coefficient (Wildman–Crippen LogP) is 5.18. The third kappa shape index (κ3) is 7.36. The van der Waals surface area contributed by atoms with Gasteiger partial charge in [0.05, 0.1) is 15.6 Å². The molecule has 1 atom stereocenters. The summed E-state index contributed by atoms with van der Waals surface area (Å²) in [6.45, 7) is 5.65. The normalized spacial score (nSPS) is 12.0. The molecule has 9 heteroatoms. The molecule has 2 amide bonds. The number of aryl methyl sites for hydroxylation is 1. The maximum absolute atomic E-state index is 13.8. The Balaban J connectivity index is 1.99. The second-order valence-corrected chi connectivity index (χ2v) is 11.4. The molecule has 0 spiro atoms. The Hall–Kier alpha value is -3.36. The van der Waals surface area contributed by atoms with Crippen LogP contribution in [0.1, 0.15) is 37.8 Å². The lowest BCUT2D eigenvalue weighted by molar-refractivity contribution is -0.139. The standard InChI is InChI=1S/C29H34ClN3O4S/c1-4-5-19-31-29(35)23(3)32(20-24-11-7-6-8-12-24)28(34)21-33(27-14-10-9-13-26(27)30)38(36,37)25-17-15-22(2)16-18-25/h6-18,23H,4-5,19-21H2,1-3H3,(H,31,35). The largest absolute Gasteiger partial charge is 0.354 e. The number of amides is 2. The molecule has 3 aromatic rings. The molecule has 0 aliphatic heterocycles. The van der Waals surface area contributed by atoms with E-state index in [1.165, 1.54) is 17.0 Å². The fourth-order valence-electron chi connectivity index (χ4n) is 3.90. The maximum Gasteiger partial charge on any atom is 0.264 e. The molecule has 1 N–H and O–H groups in total. The number of unbranched alkanes of at least 4 members (excludes halogenated alkanes) is 1. The SMILES string of the molecule is CCCCNC(=O)C(C)N(Cc1ccccc1)C(=O)CN(c1ccccc1Cl)S(=O)(=O)c1ccc(C)cc1. The van der Waals surface area contributed by atoms with Gasteiger partial charge in [0.25, 0.3) is 10.0 Å². The molecule has 0 fully saturated rings. The first-order valence-electron chi connectivity index (χ1n) is 12.6. The average molecular weight is 556 g/mol. The molecular weight excluding hydrogens is 522 g/mol. The van der Waals surface area contributed by atoms with Gasteiger partial charge >= 0.3 is 0 Å². The van der Waals surface area contributed by atoms with Crippen LogP contribution in [0.3, 0.4) is 0 Å². The summed E-state index contributed by atoms with van der Waals surface area (Å²) in [5.74, 6) is -0.823. The monoisotopic (exact) mass is 555 g/mol. The Morgan fingerprint density at radius 3 is 2.21 bits per heavy atom. The van der Waals surface area contributed by atoms with Gasteiger partial charge in [-0.25, -0.2) is 8.42 Å². The van der Waals surface area contributed by atoms with Gasteiger partial charge in [-0.2, -0.15) is 0 Å². The van der Waals surface area contributed by atoms with Crippen molar-refractivity contribution < 1.29 is 18.0 Å². The third-order valence-electron chi connectivity index (χ3n) is 6.20. The number of hydrogen-bond donors (Lipinski definition) is 1. The van der Waals surface area contributed by atoms with Crippen molar-refractivity contribution in [2.75, 3.05) is 17.4 Å². The Kier molecular flexibility index (Phi) is 10.3. The highest BCUT2D eigenvalue weighted by atomic mass is 35.5. The molecule has 0 bridgehead atoms. The number of sulfonamides is 1. The molecule has 3 rings (SSSR count). The molecular formula is C29H34ClN3O4S. The zero-order valence-corrected chi connectivity index (χ0v) is 23.5. The second kappa shape index (κ2) is 13.4. The molecule has 3 aromatic carbocycles. The maximum atomic E-state index is 13.8. The fraction of sp³-hybridized carbons (Fsp3) is 0.310. The molecule has 0 heterocycles. The van der Waals surface area contributed by atoms with Crippen molar-refractivity contribution in [3.8, 4) is 0 Å². The van der Waals surface area contributed by atoms with Crippen LogP contribution in [-0.4, -0.2) is 44.3 Å². The van der Waals surface area contributed by atoms with Gasteiger partial charge in [0, 0.05) is 13.1 Å². The van der Waals surface area contributed by atoms with E-state index >= 15 is 0 Å². The lowest BCUT2D eigenvalue weighted by atomic mass is 10.1. The number of carbonyl (C=O) groups excluding carboxylic acids is 2. The summed E-state index contributed by atoms with van der Waals surface area (Å²) in [5, 5.41) is 3.06. The Morgan fingerprint density at radius 2 is 1.58 bits per heavy atom. The van der Waals surface area contributed by atoms with Gasteiger partial charge in [0.1, 0.15) is 12.6 Å². The van der Waals surface area contributed by atoms with Crippen molar-refractivity contribution in [3.63, 3.8) is 0 Å². The highest BCUT2D eigenvalue weighted by Crippen LogP contribution is 2.30. The van der Waals surface area contributed by atoms with E-state index in [0.29, 0.717) is 6.54 Å². The van der Waals surface area contributed by atoms with Gasteiger partial charge in [0.2, 0.25) is 11.8 Å². The van der Waals surface area contributed by atoms with E-state index in [-0.39, 0.29) is 28.1 Å². The summed E-state index contributed by atoms with van der Waals surface area (Å²) >= 11 is 6.42. The molecule has 0 saturated carbocycles. The summed E-state index contributed by atoms with van der Waals surface area (Å²) in [6.07, 6.45) is 1.74. The van der Waals surface area contributed by atoms with E-state index < -0.39 is 28.5 Å². The molecule has 202 valence electrons. The zero-order valence-electron chi connectivity index (χ0n) is 21.9. The van der Waals surface area contributed by atoms with E-state index in [2.05, 4.69) is 5.32 Å². The van der Waals surface area contributed by atoms with Crippen molar-refractivity contribution in [2.45, 2.75) is 51.1 Å². The molecule has 7 nitrogen and oxygen atoms in total. The van der Waals surface area contributed by atoms with E-state index in [1.807, 2.05) is 44.2 Å². The first-order chi connectivity index (χ1) is 18.1. The van der Waals surface area contributed by atoms with Gasteiger partial charge in [-0.15, -0.1) is 0 Å².